The fourth-order valence-electron chi connectivity index (χ4n) is 2.08. The molecule has 5 nitrogen and oxygen atoms in total. The van der Waals surface area contributed by atoms with Gasteiger partial charge in [0.2, 0.25) is 0 Å². The second-order valence-electron chi connectivity index (χ2n) is 5.05. The summed E-state index contributed by atoms with van der Waals surface area (Å²) in [5.41, 5.74) is 0. The fourth-order valence-corrected chi connectivity index (χ4v) is 2.08. The van der Waals surface area contributed by atoms with Gasteiger partial charge in [0.1, 0.15) is 0 Å². The fraction of sp³-hybridized carbons (Fsp3) is 0.833. The van der Waals surface area contributed by atoms with E-state index in [2.05, 4.69) is 5.32 Å². The van der Waals surface area contributed by atoms with E-state index in [4.69, 9.17) is 5.11 Å². The summed E-state index contributed by atoms with van der Waals surface area (Å²) in [6.45, 7) is 1.08. The smallest absolute Gasteiger partial charge is 0.317 e. The maximum Gasteiger partial charge on any atom is 0.317 e. The first-order chi connectivity index (χ1) is 8.16. The number of carboxylic acids is 1. The summed E-state index contributed by atoms with van der Waals surface area (Å²) in [6.07, 6.45) is 5.74. The molecule has 2 amide bonds. The molecule has 2 N–H and O–H groups in total. The van der Waals surface area contributed by atoms with E-state index < -0.39 is 5.97 Å². The van der Waals surface area contributed by atoms with E-state index in [0.29, 0.717) is 12.5 Å². The van der Waals surface area contributed by atoms with Crippen molar-refractivity contribution in [3.8, 4) is 0 Å². The van der Waals surface area contributed by atoms with Crippen molar-refractivity contribution in [1.29, 1.82) is 0 Å². The summed E-state index contributed by atoms with van der Waals surface area (Å²) in [5, 5.41) is 11.6. The molecule has 0 heterocycles. The molecule has 0 aliphatic heterocycles. The number of hydrogen-bond donors (Lipinski definition) is 2. The molecule has 0 radical (unpaired) electrons. The van der Waals surface area contributed by atoms with Gasteiger partial charge in [-0.2, -0.15) is 0 Å². The minimum atomic E-state index is -0.845. The van der Waals surface area contributed by atoms with Gasteiger partial charge >= 0.3 is 12.0 Å². The van der Waals surface area contributed by atoms with E-state index in [9.17, 15) is 9.59 Å². The summed E-state index contributed by atoms with van der Waals surface area (Å²) in [5.74, 6) is -0.207. The molecule has 2 fully saturated rings. The second kappa shape index (κ2) is 5.38. The third-order valence-corrected chi connectivity index (χ3v) is 3.58. The molecule has 0 aromatic rings. The Bertz CT molecular complexity index is 298. The first-order valence-corrected chi connectivity index (χ1v) is 6.43. The largest absolute Gasteiger partial charge is 0.481 e. The molecule has 2 aliphatic rings. The monoisotopic (exact) mass is 240 g/mol. The van der Waals surface area contributed by atoms with Crippen LogP contribution in [0.25, 0.3) is 0 Å². The molecule has 96 valence electrons. The highest BCUT2D eigenvalue weighted by atomic mass is 16.4. The number of nitrogens with one attached hydrogen (secondary N) is 1. The van der Waals surface area contributed by atoms with Crippen LogP contribution in [0.1, 0.15) is 38.5 Å². The van der Waals surface area contributed by atoms with Crippen LogP contribution in [0.4, 0.5) is 4.79 Å². The van der Waals surface area contributed by atoms with Crippen LogP contribution < -0.4 is 5.32 Å². The van der Waals surface area contributed by atoms with Gasteiger partial charge in [0.05, 0.1) is 6.42 Å². The SMILES string of the molecule is O=C(O)CCN(C(=O)NCC1CCC1)C1CC1. The summed E-state index contributed by atoms with van der Waals surface area (Å²) in [4.78, 5) is 24.1. The van der Waals surface area contributed by atoms with Crippen molar-refractivity contribution in [2.75, 3.05) is 13.1 Å². The Kier molecular flexibility index (Phi) is 3.86. The number of carbonyl (C=O) groups excluding carboxylic acids is 1. The van der Waals surface area contributed by atoms with Crippen LogP contribution >= 0.6 is 0 Å². The molecule has 17 heavy (non-hydrogen) atoms. The number of carboxylic acid groups (broad SMARTS) is 1. The molecule has 0 unspecified atom stereocenters. The zero-order valence-corrected chi connectivity index (χ0v) is 10.0. The lowest BCUT2D eigenvalue weighted by Crippen LogP contribution is -2.44. The second-order valence-corrected chi connectivity index (χ2v) is 5.05. The Morgan fingerprint density at radius 2 is 1.94 bits per heavy atom. The quantitative estimate of drug-likeness (QED) is 0.738. The lowest BCUT2D eigenvalue weighted by atomic mass is 9.85. The van der Waals surface area contributed by atoms with Gasteiger partial charge in [-0.3, -0.25) is 4.79 Å². The molecule has 0 saturated heterocycles. The third kappa shape index (κ3) is 3.61. The first kappa shape index (κ1) is 12.2. The number of carbonyl (C=O) groups is 2. The van der Waals surface area contributed by atoms with Crippen molar-refractivity contribution in [2.45, 2.75) is 44.6 Å². The highest BCUT2D eigenvalue weighted by molar-refractivity contribution is 5.76. The van der Waals surface area contributed by atoms with E-state index in [1.165, 1.54) is 19.3 Å². The normalized spacial score (nSPS) is 19.5. The van der Waals surface area contributed by atoms with Gasteiger partial charge in [0.25, 0.3) is 0 Å². The molecule has 0 aromatic carbocycles. The zero-order chi connectivity index (χ0) is 12.3. The van der Waals surface area contributed by atoms with E-state index in [1.807, 2.05) is 0 Å². The van der Waals surface area contributed by atoms with Gasteiger partial charge in [-0.1, -0.05) is 6.42 Å². The van der Waals surface area contributed by atoms with Crippen LogP contribution in [0.2, 0.25) is 0 Å². The van der Waals surface area contributed by atoms with Crippen LogP contribution in [0.15, 0.2) is 0 Å². The Morgan fingerprint density at radius 1 is 1.24 bits per heavy atom. The molecule has 0 spiro atoms. The number of rotatable bonds is 6. The number of hydrogen-bond acceptors (Lipinski definition) is 2. The molecular formula is C12H20N2O3. The lowest BCUT2D eigenvalue weighted by molar-refractivity contribution is -0.137. The molecule has 0 atom stereocenters. The summed E-state index contributed by atoms with van der Waals surface area (Å²) in [6, 6.07) is 0.191. The van der Waals surface area contributed by atoms with E-state index in [0.717, 1.165) is 19.4 Å². The van der Waals surface area contributed by atoms with Crippen LogP contribution in [0.5, 0.6) is 0 Å². The van der Waals surface area contributed by atoms with Crippen molar-refractivity contribution in [2.24, 2.45) is 5.92 Å². The van der Waals surface area contributed by atoms with Crippen LogP contribution in [0.3, 0.4) is 0 Å². The topological polar surface area (TPSA) is 69.6 Å². The highest BCUT2D eigenvalue weighted by Gasteiger charge is 2.33. The molecule has 0 bridgehead atoms. The average molecular weight is 240 g/mol. The number of nitrogens with zero attached hydrogens (tertiary/aromatic N) is 1. The van der Waals surface area contributed by atoms with Gasteiger partial charge in [0.15, 0.2) is 0 Å². The van der Waals surface area contributed by atoms with Gasteiger partial charge in [-0.15, -0.1) is 0 Å². The van der Waals surface area contributed by atoms with Gasteiger partial charge < -0.3 is 15.3 Å². The molecule has 2 aliphatic carbocycles. The molecule has 5 heteroatoms. The van der Waals surface area contributed by atoms with Crippen molar-refractivity contribution >= 4 is 12.0 Å². The Hall–Kier alpha value is -1.26. The average Bonchev–Trinajstić information content (AvgIpc) is 2.99. The Morgan fingerprint density at radius 3 is 2.41 bits per heavy atom. The predicted octanol–water partition coefficient (Wildman–Crippen LogP) is 1.44. The predicted molar refractivity (Wildman–Crippen MR) is 62.7 cm³/mol. The van der Waals surface area contributed by atoms with E-state index >= 15 is 0 Å². The summed E-state index contributed by atoms with van der Waals surface area (Å²) >= 11 is 0. The van der Waals surface area contributed by atoms with Crippen molar-refractivity contribution in [1.82, 2.24) is 10.2 Å². The summed E-state index contributed by atoms with van der Waals surface area (Å²) in [7, 11) is 0. The number of urea groups is 1. The molecular weight excluding hydrogens is 220 g/mol. The highest BCUT2D eigenvalue weighted by Crippen LogP contribution is 2.28. The number of aliphatic carboxylic acids is 1. The maximum absolute atomic E-state index is 11.9. The van der Waals surface area contributed by atoms with Crippen LogP contribution in [-0.2, 0) is 4.79 Å². The zero-order valence-electron chi connectivity index (χ0n) is 10.0. The third-order valence-electron chi connectivity index (χ3n) is 3.58. The molecule has 2 saturated carbocycles. The van der Waals surface area contributed by atoms with E-state index in [-0.39, 0.29) is 18.5 Å². The van der Waals surface area contributed by atoms with Gasteiger partial charge in [-0.05, 0) is 31.6 Å². The minimum absolute atomic E-state index is 0.0351. The first-order valence-electron chi connectivity index (χ1n) is 6.43. The van der Waals surface area contributed by atoms with Crippen LogP contribution in [0, 0.1) is 5.92 Å². The Labute approximate surface area is 101 Å². The standard InChI is InChI=1S/C12H20N2O3/c15-11(16)6-7-14(10-4-5-10)12(17)13-8-9-2-1-3-9/h9-10H,1-8H2,(H,13,17)(H,15,16). The van der Waals surface area contributed by atoms with Crippen molar-refractivity contribution in [3.05, 3.63) is 0 Å². The maximum atomic E-state index is 11.9. The van der Waals surface area contributed by atoms with Gasteiger partial charge in [0, 0.05) is 19.1 Å². The van der Waals surface area contributed by atoms with Gasteiger partial charge in [-0.25, -0.2) is 4.79 Å². The van der Waals surface area contributed by atoms with Crippen molar-refractivity contribution in [3.63, 3.8) is 0 Å². The molecule has 0 aromatic heterocycles. The lowest BCUT2D eigenvalue weighted by Gasteiger charge is -2.28. The van der Waals surface area contributed by atoms with E-state index in [1.54, 1.807) is 4.90 Å². The minimum Gasteiger partial charge on any atom is -0.481 e. The molecule has 2 rings (SSSR count). The van der Waals surface area contributed by atoms with Crippen LogP contribution in [-0.4, -0.2) is 41.1 Å². The summed E-state index contributed by atoms with van der Waals surface area (Å²) < 4.78 is 0. The van der Waals surface area contributed by atoms with Crippen molar-refractivity contribution < 1.29 is 14.7 Å². The Balaban J connectivity index is 1.73. The number of amides is 2.